The van der Waals surface area contributed by atoms with Gasteiger partial charge in [-0.15, -0.1) is 0 Å². The van der Waals surface area contributed by atoms with Crippen molar-refractivity contribution in [3.05, 3.63) is 59.0 Å². The molecule has 142 valence electrons. The first-order chi connectivity index (χ1) is 13.2. The fraction of sp³-hybridized carbons (Fsp3) is 0.429. The number of nitrogens with zero attached hydrogens (tertiary/aromatic N) is 2. The van der Waals surface area contributed by atoms with Crippen molar-refractivity contribution in [1.82, 2.24) is 4.90 Å². The van der Waals surface area contributed by atoms with E-state index in [2.05, 4.69) is 17.3 Å². The van der Waals surface area contributed by atoms with Gasteiger partial charge in [0.1, 0.15) is 5.71 Å². The van der Waals surface area contributed by atoms with Gasteiger partial charge in [-0.05, 0) is 42.1 Å². The molecule has 0 N–H and O–H groups in total. The molecule has 0 radical (unpaired) electrons. The number of hydrogen-bond acceptors (Lipinski definition) is 4. The van der Waals surface area contributed by atoms with Gasteiger partial charge in [0.25, 0.3) is 0 Å². The SMILES string of the molecule is O=C(C1CCCC1)N(Cc1ccccc1)CC1CC(c2ccc(Cl)o2)=NO1. The number of hydrogen-bond donors (Lipinski definition) is 0. The first kappa shape index (κ1) is 18.1. The summed E-state index contributed by atoms with van der Waals surface area (Å²) < 4.78 is 5.42. The van der Waals surface area contributed by atoms with Crippen LogP contribution in [0, 0.1) is 5.92 Å². The topological polar surface area (TPSA) is 55.0 Å². The Morgan fingerprint density at radius 2 is 1.93 bits per heavy atom. The summed E-state index contributed by atoms with van der Waals surface area (Å²) in [6.45, 7) is 1.11. The molecule has 4 rings (SSSR count). The number of benzene rings is 1. The molecule has 0 spiro atoms. The molecule has 1 fully saturated rings. The summed E-state index contributed by atoms with van der Waals surface area (Å²) in [6.07, 6.45) is 4.69. The lowest BCUT2D eigenvalue weighted by molar-refractivity contribution is -0.137. The van der Waals surface area contributed by atoms with Crippen molar-refractivity contribution in [3.63, 3.8) is 0 Å². The third kappa shape index (κ3) is 4.35. The number of furan rings is 1. The van der Waals surface area contributed by atoms with E-state index in [4.69, 9.17) is 20.9 Å². The molecule has 2 heterocycles. The van der Waals surface area contributed by atoms with Crippen LogP contribution in [0.2, 0.25) is 5.22 Å². The molecule has 1 amide bonds. The average molecular weight is 387 g/mol. The van der Waals surface area contributed by atoms with Gasteiger partial charge in [0.05, 0.1) is 6.54 Å². The summed E-state index contributed by atoms with van der Waals surface area (Å²) in [5.41, 5.74) is 1.86. The van der Waals surface area contributed by atoms with Crippen LogP contribution in [0.4, 0.5) is 0 Å². The normalized spacial score (nSPS) is 19.7. The minimum Gasteiger partial charge on any atom is -0.443 e. The van der Waals surface area contributed by atoms with E-state index in [1.807, 2.05) is 23.1 Å². The van der Waals surface area contributed by atoms with Gasteiger partial charge in [-0.3, -0.25) is 4.79 Å². The minimum atomic E-state index is -0.169. The molecule has 27 heavy (non-hydrogen) atoms. The van der Waals surface area contributed by atoms with Crippen LogP contribution in [0.1, 0.15) is 43.4 Å². The van der Waals surface area contributed by atoms with E-state index in [0.29, 0.717) is 30.5 Å². The van der Waals surface area contributed by atoms with Crippen LogP contribution in [0.25, 0.3) is 0 Å². The quantitative estimate of drug-likeness (QED) is 0.726. The number of carbonyl (C=O) groups excluding carboxylic acids is 1. The van der Waals surface area contributed by atoms with Crippen LogP contribution < -0.4 is 0 Å². The monoisotopic (exact) mass is 386 g/mol. The molecule has 2 aliphatic rings. The van der Waals surface area contributed by atoms with E-state index in [1.165, 1.54) is 0 Å². The zero-order valence-electron chi connectivity index (χ0n) is 15.1. The van der Waals surface area contributed by atoms with Crippen LogP contribution >= 0.6 is 11.6 Å². The molecule has 1 saturated carbocycles. The first-order valence-electron chi connectivity index (χ1n) is 9.50. The number of amides is 1. The average Bonchev–Trinajstić information content (AvgIpc) is 3.43. The van der Waals surface area contributed by atoms with Gasteiger partial charge in [0.15, 0.2) is 17.1 Å². The fourth-order valence-corrected chi connectivity index (χ4v) is 4.00. The van der Waals surface area contributed by atoms with E-state index in [0.717, 1.165) is 37.0 Å². The summed E-state index contributed by atoms with van der Waals surface area (Å²) in [4.78, 5) is 20.6. The third-order valence-corrected chi connectivity index (χ3v) is 5.45. The van der Waals surface area contributed by atoms with Crippen LogP contribution in [-0.2, 0) is 16.2 Å². The zero-order valence-corrected chi connectivity index (χ0v) is 15.9. The fourth-order valence-electron chi connectivity index (χ4n) is 3.85. The maximum atomic E-state index is 13.1. The van der Waals surface area contributed by atoms with E-state index < -0.39 is 0 Å². The van der Waals surface area contributed by atoms with Crippen molar-refractivity contribution in [2.45, 2.75) is 44.8 Å². The van der Waals surface area contributed by atoms with Crippen LogP contribution in [-0.4, -0.2) is 29.2 Å². The highest BCUT2D eigenvalue weighted by atomic mass is 35.5. The largest absolute Gasteiger partial charge is 0.443 e. The molecule has 1 aliphatic carbocycles. The number of carbonyl (C=O) groups is 1. The lowest BCUT2D eigenvalue weighted by Crippen LogP contribution is -2.40. The lowest BCUT2D eigenvalue weighted by atomic mass is 10.0. The Balaban J connectivity index is 1.43. The smallest absolute Gasteiger partial charge is 0.226 e. The Labute approximate surface area is 163 Å². The molecular formula is C21H23ClN2O3. The summed E-state index contributed by atoms with van der Waals surface area (Å²) >= 11 is 5.85. The van der Waals surface area contributed by atoms with Gasteiger partial charge in [0.2, 0.25) is 5.91 Å². The number of halogens is 1. The molecule has 0 bridgehead atoms. The van der Waals surface area contributed by atoms with E-state index in [-0.39, 0.29) is 17.9 Å². The number of rotatable bonds is 6. The van der Waals surface area contributed by atoms with Crippen LogP contribution in [0.3, 0.4) is 0 Å². The summed E-state index contributed by atoms with van der Waals surface area (Å²) in [7, 11) is 0. The van der Waals surface area contributed by atoms with Crippen LogP contribution in [0.15, 0.2) is 52.0 Å². The van der Waals surface area contributed by atoms with Gasteiger partial charge in [-0.2, -0.15) is 0 Å². The predicted octanol–water partition coefficient (Wildman–Crippen LogP) is 4.65. The second-order valence-corrected chi connectivity index (χ2v) is 7.63. The van der Waals surface area contributed by atoms with Crippen LogP contribution in [0.5, 0.6) is 0 Å². The van der Waals surface area contributed by atoms with E-state index in [9.17, 15) is 4.79 Å². The highest BCUT2D eigenvalue weighted by Crippen LogP contribution is 2.28. The summed E-state index contributed by atoms with van der Waals surface area (Å²) in [5, 5.41) is 4.48. The highest BCUT2D eigenvalue weighted by Gasteiger charge is 2.32. The molecule has 6 heteroatoms. The van der Waals surface area contributed by atoms with Gasteiger partial charge >= 0.3 is 0 Å². The summed E-state index contributed by atoms with van der Waals surface area (Å²) in [5.74, 6) is 0.994. The van der Waals surface area contributed by atoms with Crippen molar-refractivity contribution in [2.75, 3.05) is 6.54 Å². The molecular weight excluding hydrogens is 364 g/mol. The maximum Gasteiger partial charge on any atom is 0.226 e. The molecule has 5 nitrogen and oxygen atoms in total. The molecule has 0 saturated heterocycles. The molecule has 2 aromatic rings. The van der Waals surface area contributed by atoms with Crippen molar-refractivity contribution in [1.29, 1.82) is 0 Å². The minimum absolute atomic E-state index is 0.138. The lowest BCUT2D eigenvalue weighted by Gasteiger charge is -2.27. The van der Waals surface area contributed by atoms with Crippen molar-refractivity contribution >= 4 is 23.2 Å². The zero-order chi connectivity index (χ0) is 18.6. The second kappa shape index (κ2) is 8.17. The molecule has 1 aromatic carbocycles. The van der Waals surface area contributed by atoms with Gasteiger partial charge in [0, 0.05) is 18.9 Å². The van der Waals surface area contributed by atoms with Gasteiger partial charge in [-0.25, -0.2) is 0 Å². The Morgan fingerprint density at radius 1 is 1.15 bits per heavy atom. The van der Waals surface area contributed by atoms with Crippen molar-refractivity contribution in [2.24, 2.45) is 11.1 Å². The standard InChI is InChI=1S/C21H23ClN2O3/c22-20-11-10-19(26-20)18-12-17(27-23-18)14-24(13-15-6-2-1-3-7-15)21(25)16-8-4-5-9-16/h1-3,6-7,10-11,16-17H,4-5,8-9,12-14H2. The summed E-state index contributed by atoms with van der Waals surface area (Å²) in [6, 6.07) is 13.6. The highest BCUT2D eigenvalue weighted by molar-refractivity contribution is 6.29. The number of oxime groups is 1. The Bertz CT molecular complexity index is 812. The molecule has 1 aromatic heterocycles. The second-order valence-electron chi connectivity index (χ2n) is 7.26. The Morgan fingerprint density at radius 3 is 2.63 bits per heavy atom. The first-order valence-corrected chi connectivity index (χ1v) is 9.88. The van der Waals surface area contributed by atoms with E-state index in [1.54, 1.807) is 12.1 Å². The predicted molar refractivity (Wildman–Crippen MR) is 104 cm³/mol. The molecule has 1 aliphatic heterocycles. The third-order valence-electron chi connectivity index (χ3n) is 5.25. The van der Waals surface area contributed by atoms with Crippen molar-refractivity contribution < 1.29 is 14.0 Å². The van der Waals surface area contributed by atoms with E-state index >= 15 is 0 Å². The Hall–Kier alpha value is -2.27. The maximum absolute atomic E-state index is 13.1. The Kier molecular flexibility index (Phi) is 5.48. The van der Waals surface area contributed by atoms with Crippen molar-refractivity contribution in [3.8, 4) is 0 Å². The molecule has 1 atom stereocenters. The molecule has 1 unspecified atom stereocenters. The van der Waals surface area contributed by atoms with Gasteiger partial charge < -0.3 is 14.2 Å². The van der Waals surface area contributed by atoms with Gasteiger partial charge in [-0.1, -0.05) is 48.3 Å².